The number of fused-ring (bicyclic) bond motifs is 1. The lowest BCUT2D eigenvalue weighted by Gasteiger charge is -2.25. The second kappa shape index (κ2) is 6.63. The molecule has 0 unspecified atom stereocenters. The molecule has 0 spiro atoms. The van der Waals surface area contributed by atoms with Crippen molar-refractivity contribution < 1.29 is 16.8 Å². The molecule has 11 heteroatoms. The Kier molecular flexibility index (Phi) is 5.36. The first-order chi connectivity index (χ1) is 10.5. The number of thiophene rings is 1. The highest BCUT2D eigenvalue weighted by molar-refractivity contribution is 7.99. The van der Waals surface area contributed by atoms with Crippen LogP contribution < -0.4 is 10.9 Å². The molecule has 7 nitrogen and oxygen atoms in total. The second-order valence-electron chi connectivity index (χ2n) is 5.28. The number of hydrogen-bond acceptors (Lipinski definition) is 7. The zero-order valence-electron chi connectivity index (χ0n) is 12.7. The summed E-state index contributed by atoms with van der Waals surface area (Å²) in [4.78, 5) is 0. The van der Waals surface area contributed by atoms with Crippen molar-refractivity contribution in [3.63, 3.8) is 0 Å². The lowest BCUT2D eigenvalue weighted by atomic mass is 10.2. The van der Waals surface area contributed by atoms with Crippen LogP contribution >= 0.6 is 23.1 Å². The van der Waals surface area contributed by atoms with Gasteiger partial charge in [-0.2, -0.15) is 11.8 Å². The largest absolute Gasteiger partial charge is 0.397 e. The van der Waals surface area contributed by atoms with Crippen molar-refractivity contribution in [2.24, 2.45) is 10.9 Å². The molecule has 2 rings (SSSR count). The SMILES string of the molecule is CC(C)SCCCN1C=C(N)c2cc(S(N)(=O)=O)sc2S1(=O)=O. The van der Waals surface area contributed by atoms with Gasteiger partial charge in [0.1, 0.15) is 4.21 Å². The molecule has 0 radical (unpaired) electrons. The monoisotopic (exact) mass is 397 g/mol. The van der Waals surface area contributed by atoms with Crippen molar-refractivity contribution in [3.05, 3.63) is 17.8 Å². The molecule has 130 valence electrons. The zero-order chi connectivity index (χ0) is 17.4. The summed E-state index contributed by atoms with van der Waals surface area (Å²) < 4.78 is 49.0. The molecular weight excluding hydrogens is 378 g/mol. The van der Waals surface area contributed by atoms with Crippen molar-refractivity contribution in [2.75, 3.05) is 12.3 Å². The Morgan fingerprint density at radius 2 is 2.04 bits per heavy atom. The first kappa shape index (κ1) is 18.6. The fraction of sp³-hybridized carbons (Fsp3) is 0.500. The van der Waals surface area contributed by atoms with Gasteiger partial charge < -0.3 is 5.73 Å². The Bertz CT molecular complexity index is 824. The van der Waals surface area contributed by atoms with E-state index in [1.54, 1.807) is 11.8 Å². The molecule has 1 aromatic rings. The molecule has 0 aliphatic carbocycles. The average Bonchev–Trinajstić information content (AvgIpc) is 2.86. The van der Waals surface area contributed by atoms with Crippen LogP contribution in [0.3, 0.4) is 0 Å². The van der Waals surface area contributed by atoms with E-state index < -0.39 is 20.0 Å². The molecular formula is C12H19N3O4S4. The first-order valence-corrected chi connectivity index (χ1v) is 11.7. The van der Waals surface area contributed by atoms with E-state index in [1.807, 2.05) is 0 Å². The minimum absolute atomic E-state index is 0.0713. The summed E-state index contributed by atoms with van der Waals surface area (Å²) in [7, 11) is -7.76. The predicted molar refractivity (Wildman–Crippen MR) is 94.0 cm³/mol. The highest BCUT2D eigenvalue weighted by Crippen LogP contribution is 2.38. The van der Waals surface area contributed by atoms with Gasteiger partial charge in [0.05, 0.1) is 5.70 Å². The summed E-state index contributed by atoms with van der Waals surface area (Å²) in [6.45, 7) is 4.45. The molecule has 1 aliphatic rings. The minimum atomic E-state index is -3.97. The molecule has 1 aliphatic heterocycles. The summed E-state index contributed by atoms with van der Waals surface area (Å²) >= 11 is 2.38. The Labute approximate surface area is 144 Å². The fourth-order valence-corrected chi connectivity index (χ4v) is 6.85. The molecule has 1 aromatic heterocycles. The molecule has 23 heavy (non-hydrogen) atoms. The van der Waals surface area contributed by atoms with Crippen LogP contribution in [0.1, 0.15) is 25.8 Å². The van der Waals surface area contributed by atoms with Gasteiger partial charge in [-0.05, 0) is 23.5 Å². The summed E-state index contributed by atoms with van der Waals surface area (Å²) in [5.74, 6) is 0.831. The Morgan fingerprint density at radius 1 is 1.39 bits per heavy atom. The van der Waals surface area contributed by atoms with Crippen LogP contribution in [0.4, 0.5) is 0 Å². The van der Waals surface area contributed by atoms with Crippen molar-refractivity contribution in [3.8, 4) is 0 Å². The minimum Gasteiger partial charge on any atom is -0.397 e. The fourth-order valence-electron chi connectivity index (χ4n) is 2.01. The van der Waals surface area contributed by atoms with Gasteiger partial charge >= 0.3 is 0 Å². The van der Waals surface area contributed by atoms with Gasteiger partial charge in [-0.1, -0.05) is 13.8 Å². The Hall–Kier alpha value is -0.750. The summed E-state index contributed by atoms with van der Waals surface area (Å²) in [6.07, 6.45) is 2.02. The van der Waals surface area contributed by atoms with E-state index in [2.05, 4.69) is 13.8 Å². The van der Waals surface area contributed by atoms with Crippen LogP contribution in [0.15, 0.2) is 20.7 Å². The molecule has 0 saturated heterocycles. The van der Waals surface area contributed by atoms with Gasteiger partial charge in [0.25, 0.3) is 10.0 Å². The van der Waals surface area contributed by atoms with E-state index >= 15 is 0 Å². The van der Waals surface area contributed by atoms with Crippen molar-refractivity contribution >= 4 is 48.8 Å². The first-order valence-electron chi connectivity index (χ1n) is 6.81. The molecule has 0 bridgehead atoms. The van der Waals surface area contributed by atoms with Gasteiger partial charge in [0.2, 0.25) is 10.0 Å². The Balaban J connectivity index is 2.28. The lowest BCUT2D eigenvalue weighted by Crippen LogP contribution is -2.31. The van der Waals surface area contributed by atoms with Gasteiger partial charge in [-0.3, -0.25) is 4.31 Å². The summed E-state index contributed by atoms with van der Waals surface area (Å²) in [6, 6.07) is 1.21. The highest BCUT2D eigenvalue weighted by Gasteiger charge is 2.34. The molecule has 0 atom stereocenters. The number of thioether (sulfide) groups is 1. The quantitative estimate of drug-likeness (QED) is 0.695. The van der Waals surface area contributed by atoms with E-state index in [4.69, 9.17) is 10.9 Å². The molecule has 0 fully saturated rings. The van der Waals surface area contributed by atoms with Gasteiger partial charge in [0.15, 0.2) is 4.21 Å². The van der Waals surface area contributed by atoms with E-state index in [1.165, 1.54) is 16.6 Å². The second-order valence-corrected chi connectivity index (χ2v) is 11.9. The maximum Gasteiger partial charge on any atom is 0.274 e. The maximum absolute atomic E-state index is 12.6. The van der Waals surface area contributed by atoms with Crippen LogP contribution in [-0.2, 0) is 20.0 Å². The van der Waals surface area contributed by atoms with E-state index in [-0.39, 0.29) is 19.7 Å². The zero-order valence-corrected chi connectivity index (χ0v) is 16.0. The lowest BCUT2D eigenvalue weighted by molar-refractivity contribution is 0.496. The van der Waals surface area contributed by atoms with Crippen molar-refractivity contribution in [2.45, 2.75) is 33.9 Å². The number of nitrogens with zero attached hydrogens (tertiary/aromatic N) is 1. The number of nitrogens with two attached hydrogens (primary N) is 2. The van der Waals surface area contributed by atoms with Crippen LogP contribution in [0, 0.1) is 0 Å². The van der Waals surface area contributed by atoms with Crippen LogP contribution in [-0.4, -0.2) is 38.7 Å². The molecule has 0 amide bonds. The molecule has 0 aromatic carbocycles. The van der Waals surface area contributed by atoms with E-state index in [9.17, 15) is 16.8 Å². The highest BCUT2D eigenvalue weighted by atomic mass is 32.3. The Morgan fingerprint density at radius 3 is 2.61 bits per heavy atom. The third-order valence-electron chi connectivity index (χ3n) is 3.07. The van der Waals surface area contributed by atoms with Crippen molar-refractivity contribution in [1.82, 2.24) is 4.31 Å². The van der Waals surface area contributed by atoms with Crippen LogP contribution in [0.5, 0.6) is 0 Å². The number of primary sulfonamides is 1. The molecule has 2 heterocycles. The standard InChI is InChI=1S/C12H19N3O4S4/c1-8(2)20-5-3-4-15-7-10(13)9-6-11(22(14,16)17)21-12(9)23(15,18)19/h6-8H,3-5,13H2,1-2H3,(H2,14,16,17). The normalized spacial score (nSPS) is 17.2. The third-order valence-corrected chi connectivity index (χ3v) is 9.08. The summed E-state index contributed by atoms with van der Waals surface area (Å²) in [5.41, 5.74) is 6.31. The molecule has 0 saturated carbocycles. The molecule has 4 N–H and O–H groups in total. The van der Waals surface area contributed by atoms with Crippen molar-refractivity contribution in [1.29, 1.82) is 0 Å². The number of rotatable bonds is 6. The van der Waals surface area contributed by atoms with Gasteiger partial charge in [-0.15, -0.1) is 11.3 Å². The predicted octanol–water partition coefficient (Wildman–Crippen LogP) is 1.19. The maximum atomic E-state index is 12.6. The topological polar surface area (TPSA) is 124 Å². The number of sulfonamides is 2. The number of hydrogen-bond donors (Lipinski definition) is 2. The third kappa shape index (κ3) is 4.02. The average molecular weight is 398 g/mol. The van der Waals surface area contributed by atoms with Gasteiger partial charge in [-0.25, -0.2) is 22.0 Å². The summed E-state index contributed by atoms with van der Waals surface area (Å²) in [5, 5.41) is 5.56. The smallest absolute Gasteiger partial charge is 0.274 e. The van der Waals surface area contributed by atoms with Crippen LogP contribution in [0.2, 0.25) is 0 Å². The van der Waals surface area contributed by atoms with E-state index in [0.29, 0.717) is 29.6 Å². The van der Waals surface area contributed by atoms with E-state index in [0.717, 1.165) is 5.75 Å². The van der Waals surface area contributed by atoms with Crippen LogP contribution in [0.25, 0.3) is 5.70 Å². The van der Waals surface area contributed by atoms with Gasteiger partial charge in [0, 0.05) is 18.3 Å².